The fraction of sp³-hybridized carbons (Fsp3) is 0.122. The van der Waals surface area contributed by atoms with Gasteiger partial charge in [0.05, 0.1) is 5.41 Å². The molecule has 0 saturated heterocycles. The molecule has 1 N–H and O–H groups in total. The molecule has 0 aliphatic heterocycles. The van der Waals surface area contributed by atoms with Crippen molar-refractivity contribution >= 4 is 11.4 Å². The van der Waals surface area contributed by atoms with Gasteiger partial charge in [0.2, 0.25) is 0 Å². The van der Waals surface area contributed by atoms with Gasteiger partial charge in [-0.1, -0.05) is 154 Å². The topological polar surface area (TPSA) is 12.0 Å². The van der Waals surface area contributed by atoms with Crippen molar-refractivity contribution in [2.75, 3.05) is 5.32 Å². The molecule has 7 rings (SSSR count). The zero-order valence-electron chi connectivity index (χ0n) is 24.4. The van der Waals surface area contributed by atoms with Crippen molar-refractivity contribution in [3.05, 3.63) is 179 Å². The van der Waals surface area contributed by atoms with E-state index < -0.39 is 5.41 Å². The third kappa shape index (κ3) is 4.25. The predicted octanol–water partition coefficient (Wildman–Crippen LogP) is 10.8. The molecule has 204 valence electrons. The third-order valence-electron chi connectivity index (χ3n) is 8.73. The number of rotatable bonds is 5. The lowest BCUT2D eigenvalue weighted by atomic mass is 9.67. The summed E-state index contributed by atoms with van der Waals surface area (Å²) in [6.45, 7) is 6.78. The smallest absolute Gasteiger partial charge is 0.0714 e. The van der Waals surface area contributed by atoms with E-state index in [4.69, 9.17) is 0 Å². The number of para-hydroxylation sites is 1. The standard InChI is InChI=1S/C41H35N/c1-40(2,3)30-24-22-29(23-25-30)34-18-11-13-21-39(34)42-33-26-27-36-35-19-10-12-20-37(35)41(38(36)28-33,31-14-6-4-7-15-31)32-16-8-5-9-17-32/h4-28,42H,1-3H3. The fourth-order valence-electron chi connectivity index (χ4n) is 6.67. The first-order chi connectivity index (χ1) is 20.5. The Balaban J connectivity index is 1.38. The molecule has 1 aliphatic rings. The summed E-state index contributed by atoms with van der Waals surface area (Å²) in [4.78, 5) is 0. The van der Waals surface area contributed by atoms with Gasteiger partial charge in [0.1, 0.15) is 0 Å². The highest BCUT2D eigenvalue weighted by molar-refractivity contribution is 5.89. The zero-order chi connectivity index (χ0) is 28.7. The quantitative estimate of drug-likeness (QED) is 0.228. The largest absolute Gasteiger partial charge is 0.355 e. The highest BCUT2D eigenvalue weighted by Crippen LogP contribution is 2.56. The Bertz CT molecular complexity index is 1820. The number of fused-ring (bicyclic) bond motifs is 3. The molecule has 0 unspecified atom stereocenters. The molecule has 0 heterocycles. The summed E-state index contributed by atoms with van der Waals surface area (Å²) in [6, 6.07) is 55.3. The molecule has 0 bridgehead atoms. The first-order valence-corrected chi connectivity index (χ1v) is 14.8. The maximum absolute atomic E-state index is 3.81. The summed E-state index contributed by atoms with van der Waals surface area (Å²) >= 11 is 0. The third-order valence-corrected chi connectivity index (χ3v) is 8.73. The Morgan fingerprint density at radius 1 is 0.476 bits per heavy atom. The van der Waals surface area contributed by atoms with Gasteiger partial charge in [-0.15, -0.1) is 0 Å². The lowest BCUT2D eigenvalue weighted by Gasteiger charge is -2.34. The summed E-state index contributed by atoms with van der Waals surface area (Å²) in [5, 5.41) is 3.81. The molecule has 0 radical (unpaired) electrons. The van der Waals surface area contributed by atoms with E-state index in [0.29, 0.717) is 0 Å². The van der Waals surface area contributed by atoms with E-state index >= 15 is 0 Å². The van der Waals surface area contributed by atoms with Crippen molar-refractivity contribution in [2.24, 2.45) is 0 Å². The van der Waals surface area contributed by atoms with Crippen LogP contribution in [0.25, 0.3) is 22.3 Å². The zero-order valence-corrected chi connectivity index (χ0v) is 24.4. The Kier molecular flexibility index (Phi) is 6.32. The lowest BCUT2D eigenvalue weighted by Crippen LogP contribution is -2.28. The van der Waals surface area contributed by atoms with E-state index in [2.05, 4.69) is 178 Å². The van der Waals surface area contributed by atoms with Crippen LogP contribution in [0.15, 0.2) is 152 Å². The first kappa shape index (κ1) is 26.0. The number of nitrogens with one attached hydrogen (secondary N) is 1. The van der Waals surface area contributed by atoms with E-state index in [-0.39, 0.29) is 5.41 Å². The van der Waals surface area contributed by atoms with Gasteiger partial charge >= 0.3 is 0 Å². The summed E-state index contributed by atoms with van der Waals surface area (Å²) in [6.07, 6.45) is 0. The van der Waals surface area contributed by atoms with Gasteiger partial charge in [-0.05, 0) is 68.1 Å². The van der Waals surface area contributed by atoms with E-state index in [9.17, 15) is 0 Å². The number of benzene rings is 6. The second-order valence-corrected chi connectivity index (χ2v) is 12.3. The van der Waals surface area contributed by atoms with Crippen LogP contribution in [-0.4, -0.2) is 0 Å². The predicted molar refractivity (Wildman–Crippen MR) is 178 cm³/mol. The van der Waals surface area contributed by atoms with Crippen LogP contribution in [0.4, 0.5) is 11.4 Å². The minimum absolute atomic E-state index is 0.127. The Morgan fingerprint density at radius 3 is 1.67 bits per heavy atom. The van der Waals surface area contributed by atoms with Gasteiger partial charge in [0.25, 0.3) is 0 Å². The van der Waals surface area contributed by atoms with Crippen LogP contribution >= 0.6 is 0 Å². The van der Waals surface area contributed by atoms with Crippen molar-refractivity contribution < 1.29 is 0 Å². The summed E-state index contributed by atoms with van der Waals surface area (Å²) in [7, 11) is 0. The van der Waals surface area contributed by atoms with Crippen LogP contribution in [0.5, 0.6) is 0 Å². The van der Waals surface area contributed by atoms with Crippen molar-refractivity contribution in [1.82, 2.24) is 0 Å². The van der Waals surface area contributed by atoms with Crippen molar-refractivity contribution in [1.29, 1.82) is 0 Å². The molecular weight excluding hydrogens is 506 g/mol. The molecule has 1 nitrogen and oxygen atoms in total. The minimum atomic E-state index is -0.408. The molecule has 0 atom stereocenters. The van der Waals surface area contributed by atoms with Crippen LogP contribution in [0.3, 0.4) is 0 Å². The first-order valence-electron chi connectivity index (χ1n) is 14.8. The highest BCUT2D eigenvalue weighted by Gasteiger charge is 2.46. The molecule has 6 aromatic rings. The average molecular weight is 542 g/mol. The van der Waals surface area contributed by atoms with E-state index in [0.717, 1.165) is 11.4 Å². The SMILES string of the molecule is CC(C)(C)c1ccc(-c2ccccc2Nc2ccc3c(c2)C(c2ccccc2)(c2ccccc2)c2ccccc2-3)cc1. The van der Waals surface area contributed by atoms with Crippen LogP contribution in [0.1, 0.15) is 48.6 Å². The number of anilines is 2. The summed E-state index contributed by atoms with van der Waals surface area (Å²) in [5.74, 6) is 0. The van der Waals surface area contributed by atoms with E-state index in [1.165, 1.54) is 50.1 Å². The van der Waals surface area contributed by atoms with Crippen molar-refractivity contribution in [2.45, 2.75) is 31.6 Å². The molecule has 1 aliphatic carbocycles. The van der Waals surface area contributed by atoms with E-state index in [1.54, 1.807) is 0 Å². The van der Waals surface area contributed by atoms with Crippen LogP contribution in [0.2, 0.25) is 0 Å². The molecule has 0 aromatic heterocycles. The molecule has 6 aromatic carbocycles. The fourth-order valence-corrected chi connectivity index (χ4v) is 6.67. The van der Waals surface area contributed by atoms with Gasteiger partial charge in [-0.3, -0.25) is 0 Å². The van der Waals surface area contributed by atoms with E-state index in [1.807, 2.05) is 0 Å². The average Bonchev–Trinajstić information content (AvgIpc) is 3.32. The van der Waals surface area contributed by atoms with Crippen molar-refractivity contribution in [3.8, 4) is 22.3 Å². The van der Waals surface area contributed by atoms with Gasteiger partial charge in [0, 0.05) is 16.9 Å². The van der Waals surface area contributed by atoms with Gasteiger partial charge in [0.15, 0.2) is 0 Å². The Hall–Kier alpha value is -4.88. The van der Waals surface area contributed by atoms with Crippen LogP contribution in [0, 0.1) is 0 Å². The molecule has 42 heavy (non-hydrogen) atoms. The van der Waals surface area contributed by atoms with Crippen molar-refractivity contribution in [3.63, 3.8) is 0 Å². The molecular formula is C41H35N. The summed E-state index contributed by atoms with van der Waals surface area (Å²) in [5.41, 5.74) is 13.4. The lowest BCUT2D eigenvalue weighted by molar-refractivity contribution is 0.590. The Labute approximate surface area is 249 Å². The monoisotopic (exact) mass is 541 g/mol. The Morgan fingerprint density at radius 2 is 1.02 bits per heavy atom. The molecule has 0 amide bonds. The van der Waals surface area contributed by atoms with Crippen LogP contribution < -0.4 is 5.32 Å². The maximum atomic E-state index is 3.81. The summed E-state index contributed by atoms with van der Waals surface area (Å²) < 4.78 is 0. The normalized spacial score (nSPS) is 13.3. The maximum Gasteiger partial charge on any atom is 0.0714 e. The second kappa shape index (κ2) is 10.2. The molecule has 0 fully saturated rings. The molecule has 1 heteroatoms. The number of hydrogen-bond acceptors (Lipinski definition) is 1. The molecule has 0 spiro atoms. The minimum Gasteiger partial charge on any atom is -0.355 e. The molecule has 0 saturated carbocycles. The van der Waals surface area contributed by atoms with Crippen LogP contribution in [-0.2, 0) is 10.8 Å². The number of hydrogen-bond donors (Lipinski definition) is 1. The highest BCUT2D eigenvalue weighted by atomic mass is 14.9. The van der Waals surface area contributed by atoms with Gasteiger partial charge < -0.3 is 5.32 Å². The van der Waals surface area contributed by atoms with Gasteiger partial charge in [-0.25, -0.2) is 0 Å². The van der Waals surface area contributed by atoms with Gasteiger partial charge in [-0.2, -0.15) is 0 Å². The second-order valence-electron chi connectivity index (χ2n) is 12.3.